The van der Waals surface area contributed by atoms with E-state index in [-0.39, 0.29) is 37.4 Å². The summed E-state index contributed by atoms with van der Waals surface area (Å²) in [5.74, 6) is 0.438. The Morgan fingerprint density at radius 2 is 1.60 bits per heavy atom. The fourth-order valence-corrected chi connectivity index (χ4v) is 10.2. The first kappa shape index (κ1) is 48.3. The molecule has 0 fully saturated rings. The van der Waals surface area contributed by atoms with Crippen LogP contribution in [0.4, 0.5) is 11.5 Å². The van der Waals surface area contributed by atoms with Crippen molar-refractivity contribution < 1.29 is 53.3 Å². The highest BCUT2D eigenvalue weighted by atomic mass is 35.5. The van der Waals surface area contributed by atoms with Crippen molar-refractivity contribution in [3.63, 3.8) is 0 Å². The van der Waals surface area contributed by atoms with Gasteiger partial charge >= 0.3 is 5.82 Å². The van der Waals surface area contributed by atoms with Gasteiger partial charge in [-0.25, -0.2) is 13.0 Å². The monoisotopic (exact) mass is 943 g/mol. The number of unbranched alkanes of at least 4 members (excludes halogenated alkanes) is 1. The van der Waals surface area contributed by atoms with Crippen LogP contribution < -0.4 is 14.2 Å². The number of hydrogen-bond acceptors (Lipinski definition) is 11. The van der Waals surface area contributed by atoms with Crippen LogP contribution in [0.5, 0.6) is 5.75 Å². The van der Waals surface area contributed by atoms with E-state index in [0.29, 0.717) is 53.7 Å². The molecule has 14 nitrogen and oxygen atoms in total. The summed E-state index contributed by atoms with van der Waals surface area (Å²) in [6.45, 7) is 8.88. The Hall–Kier alpha value is -4.20. The van der Waals surface area contributed by atoms with E-state index in [4.69, 9.17) is 21.3 Å². The van der Waals surface area contributed by atoms with Gasteiger partial charge in [-0.2, -0.15) is 16.8 Å². The van der Waals surface area contributed by atoms with E-state index in [1.165, 1.54) is 12.1 Å². The third-order valence-corrected chi connectivity index (χ3v) is 14.4. The normalized spacial score (nSPS) is 18.7. The van der Waals surface area contributed by atoms with E-state index < -0.39 is 52.7 Å². The molecule has 0 bridgehead atoms. The van der Waals surface area contributed by atoms with Crippen molar-refractivity contribution in [3.05, 3.63) is 118 Å². The molecular weight excluding hydrogens is 890 g/mol. The molecule has 3 heterocycles. The maximum Gasteiger partial charge on any atom is 0.327 e. The van der Waals surface area contributed by atoms with Crippen LogP contribution in [0.3, 0.4) is 0 Å². The van der Waals surface area contributed by atoms with Gasteiger partial charge in [0.1, 0.15) is 22.1 Å². The second kappa shape index (κ2) is 19.1. The Morgan fingerprint density at radius 1 is 0.873 bits per heavy atom. The van der Waals surface area contributed by atoms with Gasteiger partial charge in [-0.05, 0) is 134 Å². The van der Waals surface area contributed by atoms with E-state index in [0.717, 1.165) is 52.1 Å². The number of pyridine rings is 1. The Bertz CT molecular complexity index is 2760. The zero-order valence-corrected chi connectivity index (χ0v) is 39.0. The summed E-state index contributed by atoms with van der Waals surface area (Å²) in [5.41, 5.74) is 6.11. The molecule has 3 aromatic rings. The first-order valence-corrected chi connectivity index (χ1v) is 25.8. The molecule has 63 heavy (non-hydrogen) atoms. The molecule has 340 valence electrons. The SMILES string of the molecule is CC1(C)C(=CC=C2CCCC(C=CC3=Nc4c(cc(Cl)c[n+]4CCCS(=O)(=O)O)C3(C)C)=C2c2cccc(OCCCCO)c2)N(CCCS(=O)(=O)O)c2ccc(S(=O)(=O)[O-])cc21. The number of aryl methyl sites for hydroxylation is 1. The number of aliphatic imine (C=N–C) groups is 1. The van der Waals surface area contributed by atoms with Gasteiger partial charge in [0, 0.05) is 36.4 Å². The lowest BCUT2D eigenvalue weighted by Crippen LogP contribution is -2.36. The maximum absolute atomic E-state index is 12.1. The average molecular weight is 945 g/mol. The van der Waals surface area contributed by atoms with Crippen LogP contribution in [0.2, 0.25) is 5.02 Å². The molecular formula is C45H54ClN3O11S3. The molecule has 18 heteroatoms. The average Bonchev–Trinajstić information content (AvgIpc) is 3.57. The lowest BCUT2D eigenvalue weighted by atomic mass is 9.80. The number of nitrogens with zero attached hydrogens (tertiary/aromatic N) is 3. The molecule has 0 spiro atoms. The molecule has 3 N–H and O–H groups in total. The van der Waals surface area contributed by atoms with E-state index in [2.05, 4.69) is 6.08 Å². The van der Waals surface area contributed by atoms with Crippen molar-refractivity contribution in [1.82, 2.24) is 0 Å². The number of halogens is 1. The van der Waals surface area contributed by atoms with Crippen molar-refractivity contribution >= 4 is 64.7 Å². The molecule has 0 saturated heterocycles. The fraction of sp³-hybridized carbons (Fsp3) is 0.422. The highest BCUT2D eigenvalue weighted by Crippen LogP contribution is 2.49. The minimum absolute atomic E-state index is 0.0721. The van der Waals surface area contributed by atoms with Crippen LogP contribution in [0.25, 0.3) is 5.57 Å². The van der Waals surface area contributed by atoms with Crippen LogP contribution in [0.15, 0.2) is 106 Å². The lowest BCUT2D eigenvalue weighted by molar-refractivity contribution is -0.684. The highest BCUT2D eigenvalue weighted by molar-refractivity contribution is 7.86. The van der Waals surface area contributed by atoms with Gasteiger partial charge < -0.3 is 19.3 Å². The van der Waals surface area contributed by atoms with Crippen LogP contribution >= 0.6 is 11.6 Å². The van der Waals surface area contributed by atoms with Gasteiger partial charge in [-0.1, -0.05) is 49.7 Å². The summed E-state index contributed by atoms with van der Waals surface area (Å²) in [7, 11) is -13.2. The third-order valence-electron chi connectivity index (χ3n) is 11.7. The molecule has 1 aromatic heterocycles. The molecule has 0 amide bonds. The second-order valence-electron chi connectivity index (χ2n) is 17.0. The molecule has 1 aliphatic carbocycles. The van der Waals surface area contributed by atoms with E-state index in [1.807, 2.05) is 85.7 Å². The minimum Gasteiger partial charge on any atom is -0.744 e. The van der Waals surface area contributed by atoms with Crippen LogP contribution in [-0.4, -0.2) is 81.0 Å². The number of fused-ring (bicyclic) bond motifs is 2. The first-order chi connectivity index (χ1) is 29.5. The van der Waals surface area contributed by atoms with Gasteiger partial charge in [0.15, 0.2) is 5.71 Å². The number of aromatic nitrogens is 1. The first-order valence-electron chi connectivity index (χ1n) is 20.8. The van der Waals surface area contributed by atoms with Gasteiger partial charge in [0.05, 0.1) is 45.6 Å². The predicted molar refractivity (Wildman–Crippen MR) is 243 cm³/mol. The third kappa shape index (κ3) is 11.6. The number of hydrogen-bond donors (Lipinski definition) is 3. The van der Waals surface area contributed by atoms with Crippen molar-refractivity contribution in [3.8, 4) is 5.75 Å². The second-order valence-corrected chi connectivity index (χ2v) is 22.0. The molecule has 0 unspecified atom stereocenters. The zero-order valence-electron chi connectivity index (χ0n) is 35.7. The number of aliphatic hydroxyl groups is 1. The zero-order chi connectivity index (χ0) is 46.0. The number of anilines is 1. The summed E-state index contributed by atoms with van der Waals surface area (Å²) in [6.07, 6.45) is 13.5. The van der Waals surface area contributed by atoms with Gasteiger partial charge in [0.2, 0.25) is 0 Å². The molecule has 2 aromatic carbocycles. The predicted octanol–water partition coefficient (Wildman–Crippen LogP) is 7.40. The lowest BCUT2D eigenvalue weighted by Gasteiger charge is -2.27. The standard InChI is InChI=1S/C45H54ClN3O11S3/c1-44(2)38-28-34(46)30-48(21-9-25-61(51,52)53)43(38)47-40(44)19-15-31-11-7-12-32(42(31)33-13-8-14-35(27-33)60-24-6-5-23-50)16-20-41-45(3,4)37-29-36(63(57,58)59)17-18-39(37)49(41)22-10-26-62(54,55)56/h8,13-20,27-30,50H,5-7,9-12,21-26H2,1-4H3,(H2-,51,52,53,54,55,56,57,58,59). The Labute approximate surface area is 375 Å². The molecule has 0 radical (unpaired) electrons. The van der Waals surface area contributed by atoms with Crippen LogP contribution in [0.1, 0.15) is 89.3 Å². The Morgan fingerprint density at radius 3 is 2.30 bits per heavy atom. The Balaban J connectivity index is 1.45. The van der Waals surface area contributed by atoms with Crippen molar-refractivity contribution in [1.29, 1.82) is 0 Å². The molecule has 3 aliphatic rings. The van der Waals surface area contributed by atoms with Gasteiger partial charge in [0.25, 0.3) is 20.2 Å². The number of ether oxygens (including phenoxy) is 1. The fourth-order valence-electron chi connectivity index (χ4n) is 8.50. The van der Waals surface area contributed by atoms with Crippen molar-refractivity contribution in [2.24, 2.45) is 4.99 Å². The smallest absolute Gasteiger partial charge is 0.327 e. The van der Waals surface area contributed by atoms with Crippen molar-refractivity contribution in [2.75, 3.05) is 36.2 Å². The minimum atomic E-state index is -4.77. The summed E-state index contributed by atoms with van der Waals surface area (Å²) in [6, 6.07) is 13.9. The van der Waals surface area contributed by atoms with Crippen LogP contribution in [0, 0.1) is 0 Å². The topological polar surface area (TPSA) is 215 Å². The quantitative estimate of drug-likeness (QED) is 0.0646. The maximum atomic E-state index is 12.1. The molecule has 2 aliphatic heterocycles. The molecule has 0 saturated carbocycles. The molecule has 0 atom stereocenters. The van der Waals surface area contributed by atoms with E-state index in [1.54, 1.807) is 12.3 Å². The number of aliphatic hydroxyl groups excluding tert-OH is 1. The summed E-state index contributed by atoms with van der Waals surface area (Å²) < 4.78 is 109. The largest absolute Gasteiger partial charge is 0.744 e. The van der Waals surface area contributed by atoms with E-state index >= 15 is 0 Å². The summed E-state index contributed by atoms with van der Waals surface area (Å²) in [5, 5.41) is 9.75. The van der Waals surface area contributed by atoms with Crippen molar-refractivity contribution in [2.45, 2.75) is 94.9 Å². The highest BCUT2D eigenvalue weighted by Gasteiger charge is 2.43. The van der Waals surface area contributed by atoms with E-state index in [9.17, 15) is 44.0 Å². The van der Waals surface area contributed by atoms with Gasteiger partial charge in [-0.15, -0.1) is 0 Å². The number of allylic oxidation sites excluding steroid dienone is 8. The summed E-state index contributed by atoms with van der Waals surface area (Å²) >= 11 is 6.56. The Kier molecular flexibility index (Phi) is 14.6. The van der Waals surface area contributed by atoms with Crippen LogP contribution in [-0.2, 0) is 47.7 Å². The summed E-state index contributed by atoms with van der Waals surface area (Å²) in [4.78, 5) is 6.58. The number of benzene rings is 2. The molecule has 6 rings (SSSR count). The van der Waals surface area contributed by atoms with Gasteiger partial charge in [-0.3, -0.25) is 9.11 Å². The number of rotatable bonds is 18.